The van der Waals surface area contributed by atoms with E-state index in [1.807, 2.05) is 0 Å². The monoisotopic (exact) mass is 276 g/mol. The van der Waals surface area contributed by atoms with E-state index in [4.69, 9.17) is 14.8 Å². The van der Waals surface area contributed by atoms with Crippen LogP contribution in [0.3, 0.4) is 0 Å². The summed E-state index contributed by atoms with van der Waals surface area (Å²) in [5.41, 5.74) is -0.0203. The van der Waals surface area contributed by atoms with Crippen LogP contribution in [0.5, 0.6) is 5.75 Å². The summed E-state index contributed by atoms with van der Waals surface area (Å²) in [5.74, 6) is -0.539. The SMILES string of the molecule is CS(=O)(=O)CCCOc1cc(F)cc(B(O)O)c1. The highest BCUT2D eigenvalue weighted by molar-refractivity contribution is 7.90. The molecule has 0 fully saturated rings. The van der Waals surface area contributed by atoms with Crippen LogP contribution in [0.2, 0.25) is 0 Å². The quantitative estimate of drug-likeness (QED) is 0.531. The maximum Gasteiger partial charge on any atom is 0.488 e. The van der Waals surface area contributed by atoms with Crippen molar-refractivity contribution in [3.8, 4) is 5.75 Å². The molecule has 100 valence electrons. The maximum atomic E-state index is 13.1. The molecule has 0 radical (unpaired) electrons. The summed E-state index contributed by atoms with van der Waals surface area (Å²) in [4.78, 5) is 0. The Morgan fingerprint density at radius 1 is 1.33 bits per heavy atom. The Morgan fingerprint density at radius 3 is 2.56 bits per heavy atom. The molecule has 5 nitrogen and oxygen atoms in total. The van der Waals surface area contributed by atoms with E-state index < -0.39 is 22.8 Å². The summed E-state index contributed by atoms with van der Waals surface area (Å²) in [6, 6.07) is 3.36. The Hall–Kier alpha value is -1.12. The van der Waals surface area contributed by atoms with Crippen molar-refractivity contribution in [2.24, 2.45) is 0 Å². The summed E-state index contributed by atoms with van der Waals surface area (Å²) in [6.07, 6.45) is 1.40. The molecule has 1 aromatic carbocycles. The van der Waals surface area contributed by atoms with E-state index in [2.05, 4.69) is 0 Å². The molecule has 0 bridgehead atoms. The predicted molar refractivity (Wildman–Crippen MR) is 66.0 cm³/mol. The van der Waals surface area contributed by atoms with Gasteiger partial charge in [-0.05, 0) is 24.0 Å². The summed E-state index contributed by atoms with van der Waals surface area (Å²) in [6.45, 7) is 0.109. The second kappa shape index (κ2) is 6.17. The van der Waals surface area contributed by atoms with Gasteiger partial charge in [0.2, 0.25) is 0 Å². The van der Waals surface area contributed by atoms with Crippen LogP contribution in [0.1, 0.15) is 6.42 Å². The van der Waals surface area contributed by atoms with Crippen LogP contribution in [0, 0.1) is 5.82 Å². The Kier molecular flexibility index (Phi) is 5.12. The Bertz CT molecular complexity index is 503. The Morgan fingerprint density at radius 2 is 2.00 bits per heavy atom. The third kappa shape index (κ3) is 5.48. The largest absolute Gasteiger partial charge is 0.493 e. The second-order valence-electron chi connectivity index (χ2n) is 3.93. The summed E-state index contributed by atoms with van der Waals surface area (Å²) >= 11 is 0. The highest BCUT2D eigenvalue weighted by Crippen LogP contribution is 2.11. The molecule has 0 amide bonds. The molecule has 0 heterocycles. The topological polar surface area (TPSA) is 83.8 Å². The van der Waals surface area contributed by atoms with E-state index >= 15 is 0 Å². The molecule has 8 heteroatoms. The van der Waals surface area contributed by atoms with Crippen molar-refractivity contribution in [3.63, 3.8) is 0 Å². The van der Waals surface area contributed by atoms with Crippen molar-refractivity contribution in [3.05, 3.63) is 24.0 Å². The Labute approximate surface area is 105 Å². The normalized spacial score (nSPS) is 11.3. The lowest BCUT2D eigenvalue weighted by atomic mass is 9.80. The third-order valence-corrected chi connectivity index (χ3v) is 3.15. The molecular weight excluding hydrogens is 262 g/mol. The highest BCUT2D eigenvalue weighted by atomic mass is 32.2. The minimum atomic E-state index is -3.04. The zero-order valence-electron chi connectivity index (χ0n) is 9.84. The maximum absolute atomic E-state index is 13.1. The van der Waals surface area contributed by atoms with E-state index in [1.54, 1.807) is 0 Å². The molecule has 1 aromatic rings. The smallest absolute Gasteiger partial charge is 0.488 e. The molecule has 18 heavy (non-hydrogen) atoms. The number of halogens is 1. The number of hydrogen-bond acceptors (Lipinski definition) is 5. The molecule has 1 rings (SSSR count). The standard InChI is InChI=1S/C10H14BFO5S/c1-18(15,16)4-2-3-17-10-6-8(11(13)14)5-9(12)7-10/h5-7,13-14H,2-4H2,1H3. The number of benzene rings is 1. The van der Waals surface area contributed by atoms with Crippen molar-refractivity contribution in [2.45, 2.75) is 6.42 Å². The molecule has 0 aromatic heterocycles. The van der Waals surface area contributed by atoms with Crippen LogP contribution in [0.4, 0.5) is 4.39 Å². The van der Waals surface area contributed by atoms with Crippen LogP contribution in [-0.4, -0.2) is 44.2 Å². The molecular formula is C10H14BFO5S. The molecule has 0 unspecified atom stereocenters. The van der Waals surface area contributed by atoms with Gasteiger partial charge in [0.25, 0.3) is 0 Å². The van der Waals surface area contributed by atoms with Gasteiger partial charge in [0.05, 0.1) is 12.4 Å². The summed E-state index contributed by atoms with van der Waals surface area (Å²) in [5, 5.41) is 17.8. The molecule has 0 saturated heterocycles. The predicted octanol–water partition coefficient (Wildman–Crippen LogP) is -0.681. The van der Waals surface area contributed by atoms with Crippen molar-refractivity contribution in [1.29, 1.82) is 0 Å². The molecule has 2 N–H and O–H groups in total. The van der Waals surface area contributed by atoms with E-state index in [9.17, 15) is 12.8 Å². The fourth-order valence-electron chi connectivity index (χ4n) is 1.33. The molecule has 0 aliphatic rings. The van der Waals surface area contributed by atoms with Gasteiger partial charge in [-0.1, -0.05) is 0 Å². The lowest BCUT2D eigenvalue weighted by molar-refractivity contribution is 0.316. The van der Waals surface area contributed by atoms with E-state index in [-0.39, 0.29) is 30.0 Å². The third-order valence-electron chi connectivity index (χ3n) is 2.12. The van der Waals surface area contributed by atoms with E-state index in [0.29, 0.717) is 0 Å². The van der Waals surface area contributed by atoms with Crippen LogP contribution in [0.15, 0.2) is 18.2 Å². The van der Waals surface area contributed by atoms with Gasteiger partial charge in [-0.2, -0.15) is 0 Å². The van der Waals surface area contributed by atoms with Gasteiger partial charge in [-0.15, -0.1) is 0 Å². The molecule has 0 saturated carbocycles. The minimum absolute atomic E-state index is 0.0161. The van der Waals surface area contributed by atoms with Gasteiger partial charge in [-0.25, -0.2) is 12.8 Å². The fourth-order valence-corrected chi connectivity index (χ4v) is 1.97. The average Bonchev–Trinajstić information content (AvgIpc) is 2.22. The summed E-state index contributed by atoms with van der Waals surface area (Å²) < 4.78 is 40.0. The van der Waals surface area contributed by atoms with Crippen molar-refractivity contribution < 1.29 is 27.6 Å². The van der Waals surface area contributed by atoms with Gasteiger partial charge in [0, 0.05) is 12.3 Å². The Balaban J connectivity index is 2.57. The first kappa shape index (κ1) is 14.9. The number of rotatable bonds is 6. The number of sulfone groups is 1. The van der Waals surface area contributed by atoms with Crippen LogP contribution in [0.25, 0.3) is 0 Å². The summed E-state index contributed by atoms with van der Waals surface area (Å²) in [7, 11) is -4.82. The molecule has 0 aliphatic carbocycles. The van der Waals surface area contributed by atoms with Gasteiger partial charge in [0.15, 0.2) is 0 Å². The van der Waals surface area contributed by atoms with E-state index in [0.717, 1.165) is 18.4 Å². The highest BCUT2D eigenvalue weighted by Gasteiger charge is 2.13. The average molecular weight is 276 g/mol. The number of hydrogen-bond donors (Lipinski definition) is 2. The van der Waals surface area contributed by atoms with Crippen LogP contribution < -0.4 is 10.2 Å². The van der Waals surface area contributed by atoms with Gasteiger partial charge < -0.3 is 14.8 Å². The molecule has 0 aliphatic heterocycles. The van der Waals surface area contributed by atoms with Gasteiger partial charge >= 0.3 is 7.12 Å². The first-order valence-electron chi connectivity index (χ1n) is 5.25. The fraction of sp³-hybridized carbons (Fsp3) is 0.400. The zero-order valence-corrected chi connectivity index (χ0v) is 10.7. The first-order chi connectivity index (χ1) is 8.28. The second-order valence-corrected chi connectivity index (χ2v) is 6.19. The minimum Gasteiger partial charge on any atom is -0.493 e. The van der Waals surface area contributed by atoms with Crippen LogP contribution >= 0.6 is 0 Å². The van der Waals surface area contributed by atoms with Crippen LogP contribution in [-0.2, 0) is 9.84 Å². The zero-order chi connectivity index (χ0) is 13.8. The van der Waals surface area contributed by atoms with Gasteiger partial charge in [-0.3, -0.25) is 0 Å². The first-order valence-corrected chi connectivity index (χ1v) is 7.31. The van der Waals surface area contributed by atoms with Crippen molar-refractivity contribution in [1.82, 2.24) is 0 Å². The van der Waals surface area contributed by atoms with Gasteiger partial charge in [0.1, 0.15) is 21.4 Å². The van der Waals surface area contributed by atoms with Crippen molar-refractivity contribution >= 4 is 22.4 Å². The van der Waals surface area contributed by atoms with Crippen molar-refractivity contribution in [2.75, 3.05) is 18.6 Å². The number of ether oxygens (including phenoxy) is 1. The molecule has 0 spiro atoms. The van der Waals surface area contributed by atoms with E-state index in [1.165, 1.54) is 6.07 Å². The lowest BCUT2D eigenvalue weighted by Gasteiger charge is -2.08. The molecule has 0 atom stereocenters. The lowest BCUT2D eigenvalue weighted by Crippen LogP contribution is -2.30.